The Balaban J connectivity index is 2.01. The third-order valence-electron chi connectivity index (χ3n) is 4.71. The number of benzene rings is 2. The molecule has 4 atom stereocenters. The number of carbonyl (C=O) groups is 3. The van der Waals surface area contributed by atoms with Gasteiger partial charge in [0.1, 0.15) is 12.7 Å². The maximum absolute atomic E-state index is 11.7. The molecule has 0 radical (unpaired) electrons. The van der Waals surface area contributed by atoms with E-state index in [1.807, 2.05) is 0 Å². The molecule has 1 N–H and O–H groups in total. The van der Waals surface area contributed by atoms with Crippen molar-refractivity contribution in [2.24, 2.45) is 0 Å². The molecule has 1 unspecified atom stereocenters. The fourth-order valence-electron chi connectivity index (χ4n) is 3.46. The summed E-state index contributed by atoms with van der Waals surface area (Å²) >= 11 is 0. The Morgan fingerprint density at radius 2 is 1.70 bits per heavy atom. The zero-order valence-electron chi connectivity index (χ0n) is 17.9. The van der Waals surface area contributed by atoms with Crippen molar-refractivity contribution in [2.45, 2.75) is 45.4 Å². The van der Waals surface area contributed by atoms with Crippen LogP contribution in [0.3, 0.4) is 0 Å². The summed E-state index contributed by atoms with van der Waals surface area (Å²) in [7, 11) is 0. The lowest BCUT2D eigenvalue weighted by molar-refractivity contribution is -0.384. The van der Waals surface area contributed by atoms with Crippen LogP contribution in [0.5, 0.6) is 11.5 Å². The maximum Gasteiger partial charge on any atom is 0.322 e. The van der Waals surface area contributed by atoms with Crippen LogP contribution in [0, 0.1) is 10.1 Å². The summed E-state index contributed by atoms with van der Waals surface area (Å²) in [5, 5.41) is 22.7. The van der Waals surface area contributed by atoms with Crippen LogP contribution in [-0.2, 0) is 33.3 Å². The van der Waals surface area contributed by atoms with E-state index in [1.165, 1.54) is 19.1 Å². The number of rotatable bonds is 7. The van der Waals surface area contributed by atoms with E-state index in [2.05, 4.69) is 0 Å². The van der Waals surface area contributed by atoms with Gasteiger partial charge in [0.25, 0.3) is 0 Å². The average molecular weight is 463 g/mol. The lowest BCUT2D eigenvalue weighted by Crippen LogP contribution is -2.42. The molecule has 1 heterocycles. The molecule has 0 saturated carbocycles. The standard InChI is InChI=1S/C21H21NO11/c1-10(23)29-9-16-19(30-11(2)24)20(31-12(3)25)21(33-16)32-15-8-13-6-4-5-7-14(13)17(18(15)26)22(27)28/h4-8,16,19-21,26H,9H2,1-3H3/t16-,19+,20?,21-/m1/s1. The second kappa shape index (κ2) is 9.69. The normalized spacial score (nSPS) is 21.9. The molecule has 1 aliphatic rings. The Morgan fingerprint density at radius 1 is 1.06 bits per heavy atom. The number of carbonyl (C=O) groups excluding carboxylic acids is 3. The second-order valence-electron chi connectivity index (χ2n) is 7.16. The van der Waals surface area contributed by atoms with Crippen LogP contribution < -0.4 is 4.74 Å². The second-order valence-corrected chi connectivity index (χ2v) is 7.16. The molecule has 0 bridgehead atoms. The number of fused-ring (bicyclic) bond motifs is 1. The Hall–Kier alpha value is -3.93. The molecular weight excluding hydrogens is 442 g/mol. The zero-order valence-corrected chi connectivity index (χ0v) is 17.9. The highest BCUT2D eigenvalue weighted by Crippen LogP contribution is 2.43. The maximum atomic E-state index is 11.7. The number of nitro groups is 1. The van der Waals surface area contributed by atoms with Crippen LogP contribution in [-0.4, -0.2) is 59.1 Å². The van der Waals surface area contributed by atoms with Crippen LogP contribution in [0.2, 0.25) is 0 Å². The lowest BCUT2D eigenvalue weighted by Gasteiger charge is -2.23. The fraction of sp³-hybridized carbons (Fsp3) is 0.381. The van der Waals surface area contributed by atoms with Crippen molar-refractivity contribution in [1.82, 2.24) is 0 Å². The summed E-state index contributed by atoms with van der Waals surface area (Å²) in [6.07, 6.45) is -5.07. The van der Waals surface area contributed by atoms with Gasteiger partial charge in [0.15, 0.2) is 11.9 Å². The van der Waals surface area contributed by atoms with Crippen LogP contribution in [0.25, 0.3) is 10.8 Å². The molecule has 33 heavy (non-hydrogen) atoms. The third kappa shape index (κ3) is 5.29. The summed E-state index contributed by atoms with van der Waals surface area (Å²) in [6.45, 7) is 3.05. The van der Waals surface area contributed by atoms with E-state index >= 15 is 0 Å². The molecule has 1 saturated heterocycles. The fourth-order valence-corrected chi connectivity index (χ4v) is 3.46. The van der Waals surface area contributed by atoms with Gasteiger partial charge < -0.3 is 28.8 Å². The number of hydrogen-bond donors (Lipinski definition) is 1. The molecule has 3 rings (SSSR count). The van der Waals surface area contributed by atoms with Crippen molar-refractivity contribution in [3.63, 3.8) is 0 Å². The minimum absolute atomic E-state index is 0.182. The molecule has 0 amide bonds. The molecule has 1 aliphatic heterocycles. The third-order valence-corrected chi connectivity index (χ3v) is 4.71. The van der Waals surface area contributed by atoms with Gasteiger partial charge in [-0.05, 0) is 17.5 Å². The number of nitrogens with zero attached hydrogens (tertiary/aromatic N) is 1. The Kier molecular flexibility index (Phi) is 6.97. The molecule has 0 aliphatic carbocycles. The van der Waals surface area contributed by atoms with E-state index in [-0.39, 0.29) is 17.7 Å². The minimum Gasteiger partial charge on any atom is -0.499 e. The number of aromatic hydroxyl groups is 1. The van der Waals surface area contributed by atoms with Crippen LogP contribution >= 0.6 is 0 Å². The smallest absolute Gasteiger partial charge is 0.322 e. The summed E-state index contributed by atoms with van der Waals surface area (Å²) in [6, 6.07) is 7.63. The summed E-state index contributed by atoms with van der Waals surface area (Å²) in [5.74, 6) is -3.19. The highest BCUT2D eigenvalue weighted by atomic mass is 16.7. The molecule has 2 aromatic rings. The van der Waals surface area contributed by atoms with Gasteiger partial charge in [-0.1, -0.05) is 18.2 Å². The molecule has 12 heteroatoms. The highest BCUT2D eigenvalue weighted by Gasteiger charge is 2.51. The molecule has 1 fully saturated rings. The van der Waals surface area contributed by atoms with E-state index in [0.717, 1.165) is 13.8 Å². The first kappa shape index (κ1) is 23.7. The van der Waals surface area contributed by atoms with Gasteiger partial charge in [0, 0.05) is 20.8 Å². The average Bonchev–Trinajstić information content (AvgIpc) is 3.01. The quantitative estimate of drug-likeness (QED) is 0.277. The lowest BCUT2D eigenvalue weighted by atomic mass is 10.1. The van der Waals surface area contributed by atoms with E-state index in [1.54, 1.807) is 18.2 Å². The van der Waals surface area contributed by atoms with Crippen molar-refractivity contribution < 1.29 is 48.1 Å². The number of phenols is 1. The number of esters is 3. The minimum atomic E-state index is -1.45. The van der Waals surface area contributed by atoms with Gasteiger partial charge in [0.2, 0.25) is 18.1 Å². The van der Waals surface area contributed by atoms with Crippen molar-refractivity contribution in [3.8, 4) is 11.5 Å². The van der Waals surface area contributed by atoms with E-state index < -0.39 is 58.9 Å². The number of hydrogen-bond acceptors (Lipinski definition) is 11. The number of ether oxygens (including phenoxy) is 5. The first-order valence-electron chi connectivity index (χ1n) is 9.77. The Labute approximate surface area is 187 Å². The van der Waals surface area contributed by atoms with Crippen LogP contribution in [0.1, 0.15) is 20.8 Å². The van der Waals surface area contributed by atoms with Crippen molar-refractivity contribution in [3.05, 3.63) is 40.4 Å². The van der Waals surface area contributed by atoms with Gasteiger partial charge in [-0.2, -0.15) is 0 Å². The van der Waals surface area contributed by atoms with Crippen LogP contribution in [0.15, 0.2) is 30.3 Å². The summed E-state index contributed by atoms with van der Waals surface area (Å²) in [5.41, 5.74) is -0.585. The monoisotopic (exact) mass is 463 g/mol. The van der Waals surface area contributed by atoms with Gasteiger partial charge in [-0.15, -0.1) is 0 Å². The molecule has 0 aromatic heterocycles. The molecule has 176 valence electrons. The van der Waals surface area contributed by atoms with Crippen molar-refractivity contribution in [1.29, 1.82) is 0 Å². The number of phenolic OH excluding ortho intramolecular Hbond substituents is 1. The molecule has 2 aromatic carbocycles. The van der Waals surface area contributed by atoms with Gasteiger partial charge >= 0.3 is 23.6 Å². The van der Waals surface area contributed by atoms with E-state index in [9.17, 15) is 29.6 Å². The summed E-state index contributed by atoms with van der Waals surface area (Å²) < 4.78 is 26.7. The topological polar surface area (TPSA) is 161 Å². The largest absolute Gasteiger partial charge is 0.499 e. The molecule has 0 spiro atoms. The van der Waals surface area contributed by atoms with Gasteiger partial charge in [0.05, 0.1) is 10.3 Å². The Morgan fingerprint density at radius 3 is 2.30 bits per heavy atom. The van der Waals surface area contributed by atoms with Gasteiger partial charge in [-0.25, -0.2) is 0 Å². The first-order chi connectivity index (χ1) is 15.6. The number of nitro benzene ring substituents is 1. The predicted molar refractivity (Wildman–Crippen MR) is 109 cm³/mol. The zero-order chi connectivity index (χ0) is 24.3. The van der Waals surface area contributed by atoms with Crippen molar-refractivity contribution >= 4 is 34.4 Å². The van der Waals surface area contributed by atoms with Crippen LogP contribution in [0.4, 0.5) is 5.69 Å². The first-order valence-corrected chi connectivity index (χ1v) is 9.77. The molecule has 12 nitrogen and oxygen atoms in total. The van der Waals surface area contributed by atoms with E-state index in [0.29, 0.717) is 5.39 Å². The van der Waals surface area contributed by atoms with E-state index in [4.69, 9.17) is 23.7 Å². The SMILES string of the molecule is CC(=O)OC[C@H]1O[C@@H](Oc2cc3ccccc3c([N+](=O)[O-])c2O)C(OC(C)=O)[C@H]1OC(C)=O. The molecular formula is C21H21NO11. The van der Waals surface area contributed by atoms with Crippen molar-refractivity contribution in [2.75, 3.05) is 6.61 Å². The Bertz CT molecular complexity index is 1100. The highest BCUT2D eigenvalue weighted by molar-refractivity contribution is 5.95. The van der Waals surface area contributed by atoms with Gasteiger partial charge in [-0.3, -0.25) is 24.5 Å². The summed E-state index contributed by atoms with van der Waals surface area (Å²) in [4.78, 5) is 45.4. The predicted octanol–water partition coefficient (Wildman–Crippen LogP) is 1.98.